The number of nitrogens with one attached hydrogen (secondary N) is 6. The number of carbonyl (C=O) groups excluding carboxylic acids is 6. The van der Waals surface area contributed by atoms with Gasteiger partial charge in [0.1, 0.15) is 30.2 Å². The third kappa shape index (κ3) is 12.8. The molecular weight excluding hydrogens is 777 g/mol. The zero-order chi connectivity index (χ0) is 43.1. The molecule has 2 aromatic carbocycles. The van der Waals surface area contributed by atoms with Crippen LogP contribution in [-0.2, 0) is 41.6 Å². The average Bonchev–Trinajstić information content (AvgIpc) is 3.92. The highest BCUT2D eigenvalue weighted by Gasteiger charge is 2.40. The average molecular weight is 839 g/mol. The topological polar surface area (TPSA) is 246 Å². The van der Waals surface area contributed by atoms with Gasteiger partial charge in [-0.2, -0.15) is 0 Å². The minimum absolute atomic E-state index is 0.0916. The summed E-state index contributed by atoms with van der Waals surface area (Å²) in [4.78, 5) is 93.5. The Balaban J connectivity index is 1.29. The molecule has 5 unspecified atom stereocenters. The Morgan fingerprint density at radius 1 is 0.770 bits per heavy atom. The van der Waals surface area contributed by atoms with Gasteiger partial charge in [-0.15, -0.1) is 0 Å². The third-order valence-electron chi connectivity index (χ3n) is 12.2. The molecule has 3 aliphatic rings. The van der Waals surface area contributed by atoms with Crippen LogP contribution in [0, 0.1) is 5.92 Å². The summed E-state index contributed by atoms with van der Waals surface area (Å²) in [5, 5.41) is 15.6. The smallest absolute Gasteiger partial charge is 0.245 e. The van der Waals surface area contributed by atoms with Crippen LogP contribution in [-0.4, -0.2) is 101 Å². The first-order valence-electron chi connectivity index (χ1n) is 22.0. The summed E-state index contributed by atoms with van der Waals surface area (Å²) in [6.07, 6.45) is 9.96. The van der Waals surface area contributed by atoms with Crippen molar-refractivity contribution in [1.82, 2.24) is 36.5 Å². The van der Waals surface area contributed by atoms with Crippen molar-refractivity contribution in [3.8, 4) is 0 Å². The van der Waals surface area contributed by atoms with Gasteiger partial charge in [0.25, 0.3) is 0 Å². The largest absolute Gasteiger partial charge is 0.370 e. The van der Waals surface area contributed by atoms with Crippen LogP contribution in [0.3, 0.4) is 0 Å². The second-order valence-electron chi connectivity index (χ2n) is 16.7. The summed E-state index contributed by atoms with van der Waals surface area (Å²) in [5.41, 5.74) is 13.7. The maximum absolute atomic E-state index is 14.5. The molecule has 3 aromatic rings. The quantitative estimate of drug-likeness (QED) is 0.0762. The van der Waals surface area contributed by atoms with E-state index in [1.165, 1.54) is 4.90 Å². The fraction of sp³-hybridized carbons (Fsp3) is 0.533. The molecule has 1 aromatic heterocycles. The van der Waals surface area contributed by atoms with E-state index in [0.717, 1.165) is 54.1 Å². The molecule has 10 N–H and O–H groups in total. The number of nitrogens with two attached hydrogens (primary N) is 2. The van der Waals surface area contributed by atoms with Crippen LogP contribution in [0.2, 0.25) is 0 Å². The molecule has 3 fully saturated rings. The maximum atomic E-state index is 14.5. The van der Waals surface area contributed by atoms with Gasteiger partial charge in [0, 0.05) is 49.6 Å². The van der Waals surface area contributed by atoms with E-state index >= 15 is 0 Å². The molecule has 328 valence electrons. The lowest BCUT2D eigenvalue weighted by Gasteiger charge is -2.32. The van der Waals surface area contributed by atoms with Crippen molar-refractivity contribution in [2.24, 2.45) is 22.4 Å². The maximum Gasteiger partial charge on any atom is 0.245 e. The van der Waals surface area contributed by atoms with Crippen LogP contribution in [0.15, 0.2) is 65.8 Å². The molecule has 1 aliphatic carbocycles. The molecule has 2 saturated heterocycles. The lowest BCUT2D eigenvalue weighted by Crippen LogP contribution is -2.59. The number of hydrogen-bond acceptors (Lipinski definition) is 7. The van der Waals surface area contributed by atoms with Crippen molar-refractivity contribution in [1.29, 1.82) is 0 Å². The normalized spacial score (nSPS) is 23.8. The molecular formula is C45H62N10O6. The summed E-state index contributed by atoms with van der Waals surface area (Å²) in [5.74, 6) is -2.57. The van der Waals surface area contributed by atoms with Crippen molar-refractivity contribution in [3.63, 3.8) is 0 Å². The van der Waals surface area contributed by atoms with E-state index in [0.29, 0.717) is 45.1 Å². The van der Waals surface area contributed by atoms with E-state index in [4.69, 9.17) is 11.5 Å². The van der Waals surface area contributed by atoms with Gasteiger partial charge in [-0.1, -0.05) is 80.6 Å². The zero-order valence-electron chi connectivity index (χ0n) is 35.0. The SMILES string of the molecule is NC(N)=NCCCC1NC(=O)C(Cc2c[nH]c3ccccc23)NC(=O)C(CC2CCCCC2)NC(=O)C2CCCN2C(=O)C(NC(=O)CCc2ccccc2)CCCNC1=O. The van der Waals surface area contributed by atoms with Gasteiger partial charge in [-0.25, -0.2) is 0 Å². The standard InChI is InChI=1S/C45H62N10O6/c46-45(47)49-24-9-18-34-40(57)48-23-10-19-35(51-39(56)22-21-29-12-3-1-4-13-29)44(61)55-25-11-20-38(55)43(60)54-36(26-30-14-5-2-6-15-30)41(58)53-37(42(59)52-34)27-31-28-50-33-17-8-7-16-32(31)33/h1,3-4,7-8,12-13,16-17,28,30,34-38,50H,2,5-6,9-11,14-15,18-27H2,(H,48,57)(H,51,56)(H,52,59)(H,53,58)(H,54,60)(H4,46,47,49). The van der Waals surface area contributed by atoms with Gasteiger partial charge in [0.2, 0.25) is 35.4 Å². The number of nitrogens with zero attached hydrogens (tertiary/aromatic N) is 2. The second-order valence-corrected chi connectivity index (χ2v) is 16.7. The molecule has 3 heterocycles. The molecule has 0 spiro atoms. The van der Waals surface area contributed by atoms with Gasteiger partial charge in [0.05, 0.1) is 0 Å². The molecule has 61 heavy (non-hydrogen) atoms. The summed E-state index contributed by atoms with van der Waals surface area (Å²) < 4.78 is 0. The number of amides is 6. The fourth-order valence-electron chi connectivity index (χ4n) is 8.87. The molecule has 6 rings (SSSR count). The Morgan fingerprint density at radius 2 is 1.49 bits per heavy atom. The van der Waals surface area contributed by atoms with E-state index in [9.17, 15) is 28.8 Å². The van der Waals surface area contributed by atoms with E-state index in [-0.39, 0.29) is 62.5 Å². The number of rotatable bonds is 12. The number of hydrogen-bond donors (Lipinski definition) is 8. The highest BCUT2D eigenvalue weighted by Crippen LogP contribution is 2.28. The van der Waals surface area contributed by atoms with Gasteiger partial charge in [-0.05, 0) is 74.5 Å². The molecule has 6 amide bonds. The van der Waals surface area contributed by atoms with Crippen molar-refractivity contribution in [3.05, 3.63) is 71.9 Å². The van der Waals surface area contributed by atoms with Crippen molar-refractivity contribution in [2.45, 2.75) is 127 Å². The Bertz CT molecular complexity index is 2010. The highest BCUT2D eigenvalue weighted by molar-refractivity contribution is 5.97. The number of para-hydroxylation sites is 1. The number of fused-ring (bicyclic) bond motifs is 2. The first kappa shape index (κ1) is 44.6. The molecule has 1 saturated carbocycles. The number of aromatic amines is 1. The molecule has 0 radical (unpaired) electrons. The number of aromatic nitrogens is 1. The Morgan fingerprint density at radius 3 is 2.28 bits per heavy atom. The predicted octanol–water partition coefficient (Wildman–Crippen LogP) is 2.21. The van der Waals surface area contributed by atoms with E-state index in [1.54, 1.807) is 6.20 Å². The Labute approximate surface area is 357 Å². The summed E-state index contributed by atoms with van der Waals surface area (Å²) in [6, 6.07) is 12.3. The minimum Gasteiger partial charge on any atom is -0.370 e. The number of aryl methyl sites for hydroxylation is 1. The van der Waals surface area contributed by atoms with E-state index in [2.05, 4.69) is 36.6 Å². The predicted molar refractivity (Wildman–Crippen MR) is 233 cm³/mol. The minimum atomic E-state index is -1.11. The van der Waals surface area contributed by atoms with Gasteiger partial charge in [0.15, 0.2) is 5.96 Å². The number of H-pyrrole nitrogens is 1. The van der Waals surface area contributed by atoms with Crippen LogP contribution in [0.25, 0.3) is 10.9 Å². The number of benzene rings is 2. The molecule has 0 bridgehead atoms. The second kappa shape index (κ2) is 22.1. The van der Waals surface area contributed by atoms with Gasteiger partial charge >= 0.3 is 0 Å². The van der Waals surface area contributed by atoms with Crippen LogP contribution in [0.5, 0.6) is 0 Å². The summed E-state index contributed by atoms with van der Waals surface area (Å²) in [7, 11) is 0. The number of guanidine groups is 1. The molecule has 2 aliphatic heterocycles. The third-order valence-corrected chi connectivity index (χ3v) is 12.2. The highest BCUT2D eigenvalue weighted by atomic mass is 16.2. The van der Waals surface area contributed by atoms with E-state index in [1.807, 2.05) is 54.6 Å². The van der Waals surface area contributed by atoms with Crippen molar-refractivity contribution < 1.29 is 28.8 Å². The van der Waals surface area contributed by atoms with Crippen molar-refractivity contribution in [2.75, 3.05) is 19.6 Å². The van der Waals surface area contributed by atoms with Gasteiger partial charge < -0.3 is 47.9 Å². The molecule has 16 nitrogen and oxygen atoms in total. The Kier molecular flexibility index (Phi) is 16.1. The van der Waals surface area contributed by atoms with Crippen LogP contribution < -0.4 is 38.1 Å². The monoisotopic (exact) mass is 838 g/mol. The van der Waals surface area contributed by atoms with Crippen molar-refractivity contribution >= 4 is 52.3 Å². The molecule has 5 atom stereocenters. The van der Waals surface area contributed by atoms with E-state index < -0.39 is 53.8 Å². The molecule has 16 heteroatoms. The first-order chi connectivity index (χ1) is 29.5. The summed E-state index contributed by atoms with van der Waals surface area (Å²) >= 11 is 0. The summed E-state index contributed by atoms with van der Waals surface area (Å²) in [6.45, 7) is 0.689. The lowest BCUT2D eigenvalue weighted by molar-refractivity contribution is -0.142. The van der Waals surface area contributed by atoms with Gasteiger partial charge in [-0.3, -0.25) is 33.8 Å². The van der Waals surface area contributed by atoms with Crippen LogP contribution >= 0.6 is 0 Å². The zero-order valence-corrected chi connectivity index (χ0v) is 35.0. The van der Waals surface area contributed by atoms with Crippen LogP contribution in [0.1, 0.15) is 94.6 Å². The number of aliphatic imine (C=N–C) groups is 1. The number of carbonyl (C=O) groups is 6. The first-order valence-corrected chi connectivity index (χ1v) is 22.0. The lowest BCUT2D eigenvalue weighted by atomic mass is 9.84. The Hall–Kier alpha value is -5.93. The fourth-order valence-corrected chi connectivity index (χ4v) is 8.87. The van der Waals surface area contributed by atoms with Crippen LogP contribution in [0.4, 0.5) is 0 Å².